The summed E-state index contributed by atoms with van der Waals surface area (Å²) in [4.78, 5) is 0. The van der Waals surface area contributed by atoms with Gasteiger partial charge in [0, 0.05) is 0 Å². The fraction of sp³-hybridized carbons (Fsp3) is 1.00. The standard InChI is InChI=1S/C12H24/c1-5-11(4)12-7-9(2)6-10(3)8-12/h9-12H,5-8H2,1-4H3. The Morgan fingerprint density at radius 2 is 1.58 bits per heavy atom. The van der Waals surface area contributed by atoms with Crippen LogP contribution >= 0.6 is 0 Å². The molecule has 0 spiro atoms. The summed E-state index contributed by atoms with van der Waals surface area (Å²) in [5.74, 6) is 3.93. The van der Waals surface area contributed by atoms with Gasteiger partial charge in [-0.3, -0.25) is 0 Å². The van der Waals surface area contributed by atoms with Gasteiger partial charge in [-0.2, -0.15) is 0 Å². The first-order chi connectivity index (χ1) is 5.63. The van der Waals surface area contributed by atoms with Crippen LogP contribution in [0.25, 0.3) is 0 Å². The molecule has 3 atom stereocenters. The van der Waals surface area contributed by atoms with Gasteiger partial charge in [0.05, 0.1) is 0 Å². The largest absolute Gasteiger partial charge is 0.0651 e. The van der Waals surface area contributed by atoms with Gasteiger partial charge in [0.2, 0.25) is 0 Å². The van der Waals surface area contributed by atoms with Crippen LogP contribution in [0.15, 0.2) is 0 Å². The van der Waals surface area contributed by atoms with Crippen LogP contribution in [0.4, 0.5) is 0 Å². The molecule has 0 heteroatoms. The fourth-order valence-electron chi connectivity index (χ4n) is 2.81. The Morgan fingerprint density at radius 3 is 2.00 bits per heavy atom. The zero-order chi connectivity index (χ0) is 9.14. The summed E-state index contributed by atoms with van der Waals surface area (Å²) in [6.07, 6.45) is 5.80. The Balaban J connectivity index is 2.43. The van der Waals surface area contributed by atoms with Crippen LogP contribution in [0, 0.1) is 23.7 Å². The van der Waals surface area contributed by atoms with Gasteiger partial charge in [-0.15, -0.1) is 0 Å². The summed E-state index contributed by atoms with van der Waals surface area (Å²) < 4.78 is 0. The first kappa shape index (κ1) is 10.1. The van der Waals surface area contributed by atoms with Crippen molar-refractivity contribution in [2.24, 2.45) is 23.7 Å². The van der Waals surface area contributed by atoms with Crippen molar-refractivity contribution in [3.05, 3.63) is 0 Å². The van der Waals surface area contributed by atoms with Gasteiger partial charge in [-0.1, -0.05) is 34.1 Å². The highest BCUT2D eigenvalue weighted by molar-refractivity contribution is 4.77. The lowest BCUT2D eigenvalue weighted by Crippen LogP contribution is -2.24. The van der Waals surface area contributed by atoms with Crippen LogP contribution in [-0.4, -0.2) is 0 Å². The summed E-state index contributed by atoms with van der Waals surface area (Å²) in [6, 6.07) is 0. The molecular weight excluding hydrogens is 144 g/mol. The summed E-state index contributed by atoms with van der Waals surface area (Å²) in [6.45, 7) is 9.60. The lowest BCUT2D eigenvalue weighted by atomic mass is 9.71. The molecule has 1 rings (SSSR count). The van der Waals surface area contributed by atoms with Gasteiger partial charge < -0.3 is 0 Å². The molecular formula is C12H24. The topological polar surface area (TPSA) is 0 Å². The van der Waals surface area contributed by atoms with E-state index in [0.717, 1.165) is 23.7 Å². The molecule has 0 N–H and O–H groups in total. The minimum atomic E-state index is 0.954. The Labute approximate surface area is 77.7 Å². The predicted octanol–water partition coefficient (Wildman–Crippen LogP) is 4.10. The molecule has 0 radical (unpaired) electrons. The molecule has 12 heavy (non-hydrogen) atoms. The maximum absolute atomic E-state index is 2.43. The molecule has 0 saturated heterocycles. The van der Waals surface area contributed by atoms with Crippen LogP contribution < -0.4 is 0 Å². The highest BCUT2D eigenvalue weighted by Gasteiger charge is 2.26. The monoisotopic (exact) mass is 168 g/mol. The first-order valence-corrected chi connectivity index (χ1v) is 5.63. The fourth-order valence-corrected chi connectivity index (χ4v) is 2.81. The lowest BCUT2D eigenvalue weighted by molar-refractivity contribution is 0.166. The minimum Gasteiger partial charge on any atom is -0.0651 e. The quantitative estimate of drug-likeness (QED) is 0.582. The summed E-state index contributed by atoms with van der Waals surface area (Å²) in [5.41, 5.74) is 0. The van der Waals surface area contributed by atoms with Crippen LogP contribution in [0.2, 0.25) is 0 Å². The Bertz CT molecular complexity index is 118. The molecule has 0 aliphatic heterocycles. The lowest BCUT2D eigenvalue weighted by Gasteiger charge is -2.34. The van der Waals surface area contributed by atoms with Crippen molar-refractivity contribution < 1.29 is 0 Å². The summed E-state index contributed by atoms with van der Waals surface area (Å²) in [7, 11) is 0. The molecule has 0 amide bonds. The second-order valence-corrected chi connectivity index (χ2v) is 5.06. The van der Waals surface area contributed by atoms with Gasteiger partial charge in [0.25, 0.3) is 0 Å². The third kappa shape index (κ3) is 2.50. The third-order valence-electron chi connectivity index (χ3n) is 3.66. The van der Waals surface area contributed by atoms with Crippen molar-refractivity contribution >= 4 is 0 Å². The van der Waals surface area contributed by atoms with E-state index < -0.39 is 0 Å². The molecule has 0 aromatic carbocycles. The van der Waals surface area contributed by atoms with Crippen molar-refractivity contribution in [1.82, 2.24) is 0 Å². The van der Waals surface area contributed by atoms with Crippen LogP contribution in [0.3, 0.4) is 0 Å². The van der Waals surface area contributed by atoms with E-state index in [9.17, 15) is 0 Å². The van der Waals surface area contributed by atoms with Crippen molar-refractivity contribution in [3.8, 4) is 0 Å². The van der Waals surface area contributed by atoms with E-state index in [1.54, 1.807) is 0 Å². The van der Waals surface area contributed by atoms with Gasteiger partial charge >= 0.3 is 0 Å². The van der Waals surface area contributed by atoms with E-state index in [2.05, 4.69) is 27.7 Å². The molecule has 1 fully saturated rings. The second kappa shape index (κ2) is 4.30. The average Bonchev–Trinajstić information content (AvgIpc) is 2.01. The third-order valence-corrected chi connectivity index (χ3v) is 3.66. The zero-order valence-corrected chi connectivity index (χ0v) is 9.14. The maximum atomic E-state index is 2.43. The molecule has 0 bridgehead atoms. The molecule has 0 aromatic rings. The van der Waals surface area contributed by atoms with Crippen molar-refractivity contribution in [2.75, 3.05) is 0 Å². The van der Waals surface area contributed by atoms with E-state index >= 15 is 0 Å². The molecule has 0 aromatic heterocycles. The van der Waals surface area contributed by atoms with Gasteiger partial charge in [0.1, 0.15) is 0 Å². The maximum Gasteiger partial charge on any atom is -0.0384 e. The highest BCUT2D eigenvalue weighted by Crippen LogP contribution is 2.37. The summed E-state index contributed by atoms with van der Waals surface area (Å²) in [5, 5.41) is 0. The highest BCUT2D eigenvalue weighted by atomic mass is 14.3. The van der Waals surface area contributed by atoms with Gasteiger partial charge in [0.15, 0.2) is 0 Å². The van der Waals surface area contributed by atoms with Gasteiger partial charge in [-0.05, 0) is 42.9 Å². The Hall–Kier alpha value is 0. The van der Waals surface area contributed by atoms with Crippen LogP contribution in [0.1, 0.15) is 53.4 Å². The number of hydrogen-bond acceptors (Lipinski definition) is 0. The van der Waals surface area contributed by atoms with E-state index in [1.165, 1.54) is 25.7 Å². The van der Waals surface area contributed by atoms with E-state index in [-0.39, 0.29) is 0 Å². The second-order valence-electron chi connectivity index (χ2n) is 5.06. The van der Waals surface area contributed by atoms with Gasteiger partial charge in [-0.25, -0.2) is 0 Å². The van der Waals surface area contributed by atoms with E-state index in [0.29, 0.717) is 0 Å². The minimum absolute atomic E-state index is 0.954. The molecule has 1 aliphatic carbocycles. The smallest absolute Gasteiger partial charge is 0.0384 e. The predicted molar refractivity (Wildman–Crippen MR) is 55.1 cm³/mol. The van der Waals surface area contributed by atoms with Crippen molar-refractivity contribution in [3.63, 3.8) is 0 Å². The van der Waals surface area contributed by atoms with Crippen LogP contribution in [0.5, 0.6) is 0 Å². The number of hydrogen-bond donors (Lipinski definition) is 0. The average molecular weight is 168 g/mol. The van der Waals surface area contributed by atoms with Crippen molar-refractivity contribution in [2.45, 2.75) is 53.4 Å². The van der Waals surface area contributed by atoms with Crippen LogP contribution in [-0.2, 0) is 0 Å². The molecule has 1 saturated carbocycles. The Morgan fingerprint density at radius 1 is 1.08 bits per heavy atom. The Kier molecular flexibility index (Phi) is 3.61. The molecule has 0 heterocycles. The van der Waals surface area contributed by atoms with E-state index in [1.807, 2.05) is 0 Å². The first-order valence-electron chi connectivity index (χ1n) is 5.63. The molecule has 0 nitrogen and oxygen atoms in total. The summed E-state index contributed by atoms with van der Waals surface area (Å²) >= 11 is 0. The van der Waals surface area contributed by atoms with E-state index in [4.69, 9.17) is 0 Å². The number of rotatable bonds is 2. The molecule has 3 unspecified atom stereocenters. The zero-order valence-electron chi connectivity index (χ0n) is 9.14. The molecule has 72 valence electrons. The van der Waals surface area contributed by atoms with Crippen molar-refractivity contribution in [1.29, 1.82) is 0 Å². The molecule has 1 aliphatic rings. The SMILES string of the molecule is CCC(C)C1CC(C)CC(C)C1. The normalized spacial score (nSPS) is 39.5.